The lowest BCUT2D eigenvalue weighted by Crippen LogP contribution is -2.41. The van der Waals surface area contributed by atoms with Gasteiger partial charge in [-0.3, -0.25) is 9.79 Å². The van der Waals surface area contributed by atoms with Crippen molar-refractivity contribution in [1.82, 2.24) is 0 Å². The number of allylic oxidation sites excluding steroid dienone is 1. The van der Waals surface area contributed by atoms with Crippen LogP contribution in [0.25, 0.3) is 0 Å². The highest BCUT2D eigenvalue weighted by atomic mass is 32.2. The van der Waals surface area contributed by atoms with Gasteiger partial charge < -0.3 is 9.15 Å². The van der Waals surface area contributed by atoms with Crippen LogP contribution in [0.4, 0.5) is 0 Å². The van der Waals surface area contributed by atoms with Gasteiger partial charge in [-0.1, -0.05) is 12.1 Å². The van der Waals surface area contributed by atoms with Crippen LogP contribution in [-0.4, -0.2) is 30.3 Å². The molecule has 1 aromatic carbocycles. The smallest absolute Gasteiger partial charge is 0.336 e. The Morgan fingerprint density at radius 2 is 1.97 bits per heavy atom. The van der Waals surface area contributed by atoms with Gasteiger partial charge in [0.2, 0.25) is 0 Å². The van der Waals surface area contributed by atoms with E-state index in [1.165, 1.54) is 0 Å². The second-order valence-electron chi connectivity index (χ2n) is 7.64. The SMILES string of the molecule is CCOC(=O)C1=C(C)N=C2C[C@H](c3ccco3)CC(=O)[C@H]2[C@@H]1c1ccc(SC)cc1. The predicted octanol–water partition coefficient (Wildman–Crippen LogP) is 5.14. The molecule has 2 aromatic rings. The van der Waals surface area contributed by atoms with Gasteiger partial charge in [0.05, 0.1) is 24.4 Å². The van der Waals surface area contributed by atoms with Crippen molar-refractivity contribution in [2.45, 2.75) is 43.4 Å². The average molecular weight is 424 g/mol. The van der Waals surface area contributed by atoms with Gasteiger partial charge in [-0.05, 0) is 56.4 Å². The van der Waals surface area contributed by atoms with Crippen LogP contribution in [-0.2, 0) is 14.3 Å². The number of Topliss-reactive ketones (excluding diaryl/α,β-unsaturated/α-hetero) is 1. The van der Waals surface area contributed by atoms with E-state index < -0.39 is 11.9 Å². The summed E-state index contributed by atoms with van der Waals surface area (Å²) in [6.45, 7) is 3.90. The van der Waals surface area contributed by atoms with Crippen molar-refractivity contribution in [3.05, 3.63) is 65.3 Å². The zero-order valence-electron chi connectivity index (χ0n) is 17.4. The Hall–Kier alpha value is -2.60. The number of benzene rings is 1. The fourth-order valence-corrected chi connectivity index (χ4v) is 4.95. The minimum atomic E-state index is -0.445. The van der Waals surface area contributed by atoms with Crippen molar-refractivity contribution in [3.63, 3.8) is 0 Å². The van der Waals surface area contributed by atoms with E-state index in [0.29, 0.717) is 24.1 Å². The number of aliphatic imine (C=N–C) groups is 1. The van der Waals surface area contributed by atoms with E-state index in [2.05, 4.69) is 0 Å². The van der Waals surface area contributed by atoms with E-state index in [9.17, 15) is 9.59 Å². The lowest BCUT2D eigenvalue weighted by Gasteiger charge is -2.37. The molecule has 5 nitrogen and oxygen atoms in total. The molecule has 4 rings (SSSR count). The van der Waals surface area contributed by atoms with E-state index in [0.717, 1.165) is 21.9 Å². The molecule has 156 valence electrons. The number of ketones is 1. The third-order valence-corrected chi connectivity index (χ3v) is 6.61. The zero-order valence-corrected chi connectivity index (χ0v) is 18.2. The maximum Gasteiger partial charge on any atom is 0.336 e. The number of furan rings is 1. The van der Waals surface area contributed by atoms with Crippen LogP contribution in [0.2, 0.25) is 0 Å². The summed E-state index contributed by atoms with van der Waals surface area (Å²) < 4.78 is 10.9. The molecule has 1 aromatic heterocycles. The first-order valence-electron chi connectivity index (χ1n) is 10.2. The van der Waals surface area contributed by atoms with Gasteiger partial charge in [-0.15, -0.1) is 11.8 Å². The average Bonchev–Trinajstić information content (AvgIpc) is 3.28. The fraction of sp³-hybridized carbons (Fsp3) is 0.375. The summed E-state index contributed by atoms with van der Waals surface area (Å²) in [5.74, 6) is -0.327. The molecule has 1 saturated carbocycles. The van der Waals surface area contributed by atoms with Gasteiger partial charge in [0.1, 0.15) is 11.5 Å². The minimum Gasteiger partial charge on any atom is -0.469 e. The van der Waals surface area contributed by atoms with E-state index in [1.807, 2.05) is 49.6 Å². The first-order valence-corrected chi connectivity index (χ1v) is 11.4. The molecule has 1 aliphatic heterocycles. The van der Waals surface area contributed by atoms with Crippen LogP contribution < -0.4 is 0 Å². The van der Waals surface area contributed by atoms with Crippen LogP contribution in [0, 0.1) is 5.92 Å². The molecule has 0 unspecified atom stereocenters. The third-order valence-electron chi connectivity index (χ3n) is 5.87. The van der Waals surface area contributed by atoms with Gasteiger partial charge in [0, 0.05) is 34.6 Å². The van der Waals surface area contributed by atoms with Gasteiger partial charge >= 0.3 is 5.97 Å². The Morgan fingerprint density at radius 3 is 2.60 bits per heavy atom. The normalized spacial score (nSPS) is 23.8. The van der Waals surface area contributed by atoms with Crippen LogP contribution in [0.5, 0.6) is 0 Å². The quantitative estimate of drug-likeness (QED) is 0.492. The second-order valence-corrected chi connectivity index (χ2v) is 8.52. The molecule has 3 atom stereocenters. The van der Waals surface area contributed by atoms with Crippen LogP contribution >= 0.6 is 11.8 Å². The second kappa shape index (κ2) is 8.64. The number of esters is 1. The molecule has 0 N–H and O–H groups in total. The van der Waals surface area contributed by atoms with Crippen molar-refractivity contribution in [3.8, 4) is 0 Å². The van der Waals surface area contributed by atoms with E-state index in [4.69, 9.17) is 14.1 Å². The zero-order chi connectivity index (χ0) is 21.3. The Bertz CT molecular complexity index is 1000. The number of hydrogen-bond acceptors (Lipinski definition) is 6. The number of thioether (sulfide) groups is 1. The Labute approximate surface area is 180 Å². The topological polar surface area (TPSA) is 68.9 Å². The highest BCUT2D eigenvalue weighted by Crippen LogP contribution is 2.46. The highest BCUT2D eigenvalue weighted by Gasteiger charge is 2.46. The molecule has 0 radical (unpaired) electrons. The lowest BCUT2D eigenvalue weighted by molar-refractivity contribution is -0.139. The van der Waals surface area contributed by atoms with Gasteiger partial charge in [0.15, 0.2) is 0 Å². The molecule has 0 amide bonds. The summed E-state index contributed by atoms with van der Waals surface area (Å²) >= 11 is 1.66. The summed E-state index contributed by atoms with van der Waals surface area (Å²) in [4.78, 5) is 32.1. The lowest BCUT2D eigenvalue weighted by atomic mass is 9.67. The van der Waals surface area contributed by atoms with Crippen LogP contribution in [0.3, 0.4) is 0 Å². The number of carbonyl (C=O) groups is 2. The van der Waals surface area contributed by atoms with Gasteiger partial charge in [0.25, 0.3) is 0 Å². The molecule has 2 heterocycles. The van der Waals surface area contributed by atoms with Crippen molar-refractivity contribution in [1.29, 1.82) is 0 Å². The summed E-state index contributed by atoms with van der Waals surface area (Å²) in [5, 5.41) is 0. The van der Waals surface area contributed by atoms with Crippen molar-refractivity contribution in [2.75, 3.05) is 12.9 Å². The third kappa shape index (κ3) is 3.76. The standard InChI is InChI=1S/C24H25NO4S/c1-4-28-24(27)21-14(2)25-18-12-16(20-6-5-11-29-20)13-19(26)23(18)22(21)15-7-9-17(30-3)10-8-15/h5-11,16,22-23H,4,12-13H2,1-3H3/t16-,22+,23-/m0/s1. The van der Waals surface area contributed by atoms with E-state index >= 15 is 0 Å². The minimum absolute atomic E-state index is 0.0149. The molecule has 0 spiro atoms. The first-order chi connectivity index (χ1) is 14.5. The summed E-state index contributed by atoms with van der Waals surface area (Å²) in [5.41, 5.74) is 2.90. The maximum absolute atomic E-state index is 13.4. The van der Waals surface area contributed by atoms with Crippen LogP contribution in [0.15, 0.2) is 68.2 Å². The number of nitrogens with zero attached hydrogens (tertiary/aromatic N) is 1. The molecular formula is C24H25NO4S. The molecule has 1 fully saturated rings. The van der Waals surface area contributed by atoms with E-state index in [1.54, 1.807) is 24.9 Å². The number of ether oxygens (including phenoxy) is 1. The number of rotatable bonds is 5. The number of hydrogen-bond donors (Lipinski definition) is 0. The summed E-state index contributed by atoms with van der Waals surface area (Å²) in [6, 6.07) is 11.8. The van der Waals surface area contributed by atoms with E-state index in [-0.39, 0.29) is 24.2 Å². The maximum atomic E-state index is 13.4. The molecule has 30 heavy (non-hydrogen) atoms. The fourth-order valence-electron chi connectivity index (χ4n) is 4.55. The first kappa shape index (κ1) is 20.7. The predicted molar refractivity (Wildman–Crippen MR) is 117 cm³/mol. The largest absolute Gasteiger partial charge is 0.469 e. The van der Waals surface area contributed by atoms with Gasteiger partial charge in [-0.25, -0.2) is 4.79 Å². The molecule has 0 saturated heterocycles. The molecular weight excluding hydrogens is 398 g/mol. The monoisotopic (exact) mass is 423 g/mol. The summed E-state index contributed by atoms with van der Waals surface area (Å²) in [6.07, 6.45) is 4.69. The molecule has 0 bridgehead atoms. The van der Waals surface area contributed by atoms with Crippen molar-refractivity contribution >= 4 is 29.2 Å². The Kier molecular flexibility index (Phi) is 5.95. The molecule has 6 heteroatoms. The molecule has 1 aliphatic carbocycles. The van der Waals surface area contributed by atoms with Crippen molar-refractivity contribution < 1.29 is 18.7 Å². The van der Waals surface area contributed by atoms with Crippen molar-refractivity contribution in [2.24, 2.45) is 10.9 Å². The number of fused-ring (bicyclic) bond motifs is 1. The highest BCUT2D eigenvalue weighted by molar-refractivity contribution is 7.98. The van der Waals surface area contributed by atoms with Crippen LogP contribution in [0.1, 0.15) is 49.8 Å². The molecule has 2 aliphatic rings. The Morgan fingerprint density at radius 1 is 1.20 bits per heavy atom. The summed E-state index contributed by atoms with van der Waals surface area (Å²) in [7, 11) is 0. The van der Waals surface area contributed by atoms with Gasteiger partial charge in [-0.2, -0.15) is 0 Å². The number of carbonyl (C=O) groups excluding carboxylic acids is 2. The Balaban J connectivity index is 1.79.